The molecule has 11 heteroatoms. The maximum atomic E-state index is 15.6. The first kappa shape index (κ1) is 26.5. The number of likely N-dealkylation sites (N-methyl/N-ethyl adjacent to an activating group) is 1. The van der Waals surface area contributed by atoms with E-state index in [1.165, 1.54) is 17.0 Å². The monoisotopic (exact) mass is 533 g/mol. The summed E-state index contributed by atoms with van der Waals surface area (Å²) in [5.74, 6) is -2.83. The summed E-state index contributed by atoms with van der Waals surface area (Å²) in [6.07, 6.45) is 6.03. The second kappa shape index (κ2) is 10.6. The molecule has 0 bridgehead atoms. The van der Waals surface area contributed by atoms with Gasteiger partial charge in [-0.1, -0.05) is 12.7 Å². The van der Waals surface area contributed by atoms with Gasteiger partial charge in [0, 0.05) is 54.9 Å². The van der Waals surface area contributed by atoms with Gasteiger partial charge in [-0.05, 0) is 39.0 Å². The third kappa shape index (κ3) is 4.89. The van der Waals surface area contributed by atoms with Crippen LogP contribution in [-0.2, 0) is 0 Å². The van der Waals surface area contributed by atoms with Gasteiger partial charge in [0.2, 0.25) is 11.8 Å². The molecule has 2 aliphatic rings. The Kier molecular flexibility index (Phi) is 7.16. The quantitative estimate of drug-likeness (QED) is 0.453. The van der Waals surface area contributed by atoms with Gasteiger partial charge in [0.1, 0.15) is 18.0 Å². The van der Waals surface area contributed by atoms with Crippen LogP contribution in [0.5, 0.6) is 11.6 Å². The van der Waals surface area contributed by atoms with E-state index in [-0.39, 0.29) is 39.9 Å². The number of carbonyl (C=O) groups excluding carboxylic acids is 1. The van der Waals surface area contributed by atoms with Gasteiger partial charge >= 0.3 is 0 Å². The van der Waals surface area contributed by atoms with Gasteiger partial charge in [0.05, 0.1) is 17.3 Å². The molecular formula is C28H29F2N7O2. The third-order valence-corrected chi connectivity index (χ3v) is 7.20. The molecule has 2 fully saturated rings. The van der Waals surface area contributed by atoms with Gasteiger partial charge < -0.3 is 20.3 Å². The second-order valence-electron chi connectivity index (χ2n) is 9.91. The Balaban J connectivity index is 1.51. The van der Waals surface area contributed by atoms with E-state index in [4.69, 9.17) is 10.5 Å². The largest absolute Gasteiger partial charge is 0.434 e. The molecule has 0 spiro atoms. The van der Waals surface area contributed by atoms with Gasteiger partial charge in [-0.2, -0.15) is 5.26 Å². The number of piperazine rings is 1. The van der Waals surface area contributed by atoms with Crippen molar-refractivity contribution in [2.75, 3.05) is 33.2 Å². The van der Waals surface area contributed by atoms with Gasteiger partial charge in [0.25, 0.3) is 0 Å². The normalized spacial score (nSPS) is 17.2. The Labute approximate surface area is 224 Å². The molecule has 0 radical (unpaired) electrons. The Morgan fingerprint density at radius 3 is 2.62 bits per heavy atom. The summed E-state index contributed by atoms with van der Waals surface area (Å²) in [5.41, 5.74) is 7.71. The minimum atomic E-state index is -0.866. The van der Waals surface area contributed by atoms with Crippen molar-refractivity contribution in [2.45, 2.75) is 25.8 Å². The van der Waals surface area contributed by atoms with Gasteiger partial charge in [-0.25, -0.2) is 18.7 Å². The number of ether oxygens (including phenoxy) is 1. The first-order valence-corrected chi connectivity index (χ1v) is 12.7. The van der Waals surface area contributed by atoms with Crippen molar-refractivity contribution in [3.05, 3.63) is 71.5 Å². The number of benzene rings is 1. The van der Waals surface area contributed by atoms with Crippen LogP contribution in [0.3, 0.4) is 0 Å². The van der Waals surface area contributed by atoms with Crippen LogP contribution in [0.25, 0.3) is 10.9 Å². The Bertz CT molecular complexity index is 1530. The van der Waals surface area contributed by atoms with Gasteiger partial charge in [0.15, 0.2) is 17.4 Å². The van der Waals surface area contributed by atoms with E-state index < -0.39 is 23.4 Å². The number of hydrogen-bond acceptors (Lipinski definition) is 8. The number of fused-ring (bicyclic) bond motifs is 1. The summed E-state index contributed by atoms with van der Waals surface area (Å²) >= 11 is 0. The Hall–Kier alpha value is -4.14. The van der Waals surface area contributed by atoms with E-state index in [2.05, 4.69) is 26.3 Å². The van der Waals surface area contributed by atoms with E-state index in [1.807, 2.05) is 13.1 Å². The molecule has 1 aromatic carbocycles. The van der Waals surface area contributed by atoms with Crippen LogP contribution in [0.1, 0.15) is 40.6 Å². The molecule has 2 aromatic heterocycles. The first-order chi connectivity index (χ1) is 18.7. The highest BCUT2D eigenvalue weighted by atomic mass is 19.1. The van der Waals surface area contributed by atoms with Crippen molar-refractivity contribution < 1.29 is 18.3 Å². The molecule has 1 aliphatic carbocycles. The Morgan fingerprint density at radius 2 is 1.97 bits per heavy atom. The van der Waals surface area contributed by atoms with Crippen LogP contribution >= 0.6 is 0 Å². The number of hydrogen-bond donors (Lipinski definition) is 1. The van der Waals surface area contributed by atoms with Crippen LogP contribution in [-0.4, -0.2) is 63.5 Å². The van der Waals surface area contributed by atoms with Crippen LogP contribution in [0.4, 0.5) is 8.78 Å². The molecule has 1 saturated heterocycles. The average Bonchev–Trinajstić information content (AvgIpc) is 3.72. The summed E-state index contributed by atoms with van der Waals surface area (Å²) < 4.78 is 37.8. The van der Waals surface area contributed by atoms with Gasteiger partial charge in [-0.15, -0.1) is 0 Å². The number of halogens is 2. The number of nitrogens with two attached hydrogens (primary N) is 1. The molecule has 1 unspecified atom stereocenters. The predicted octanol–water partition coefficient (Wildman–Crippen LogP) is 4.05. The number of nitrogens with zero attached hydrogens (tertiary/aromatic N) is 6. The fraction of sp³-hybridized carbons (Fsp3) is 0.357. The van der Waals surface area contributed by atoms with E-state index in [0.717, 1.165) is 50.8 Å². The van der Waals surface area contributed by atoms with Crippen LogP contribution in [0.15, 0.2) is 42.9 Å². The smallest absolute Gasteiger partial charge is 0.240 e. The van der Waals surface area contributed by atoms with E-state index >= 15 is 8.78 Å². The molecule has 3 aromatic rings. The molecule has 9 nitrogen and oxygen atoms in total. The van der Waals surface area contributed by atoms with Crippen molar-refractivity contribution >= 4 is 16.8 Å². The lowest BCUT2D eigenvalue weighted by atomic mass is 10.0. The molecule has 1 saturated carbocycles. The zero-order valence-electron chi connectivity index (χ0n) is 21.8. The minimum absolute atomic E-state index is 0.0905. The summed E-state index contributed by atoms with van der Waals surface area (Å²) in [6.45, 7) is 8.55. The zero-order valence-corrected chi connectivity index (χ0v) is 21.8. The molecule has 0 amide bonds. The van der Waals surface area contributed by atoms with Crippen LogP contribution < -0.4 is 10.5 Å². The number of rotatable bonds is 7. The SMILES string of the molecule is C=C/C=C(\C(N)c1ncnc(Oc2cc(F)c3c(cc(C)n3C(=O)C3CC3)c2F)c1C#N)N1CCN(C)CC1. The van der Waals surface area contributed by atoms with Crippen LogP contribution in [0.2, 0.25) is 0 Å². The highest BCUT2D eigenvalue weighted by Gasteiger charge is 2.34. The molecule has 1 atom stereocenters. The lowest BCUT2D eigenvalue weighted by molar-refractivity contribution is 0.0889. The lowest BCUT2D eigenvalue weighted by Gasteiger charge is -2.37. The molecule has 1 aliphatic heterocycles. The van der Waals surface area contributed by atoms with E-state index in [9.17, 15) is 10.1 Å². The summed E-state index contributed by atoms with van der Waals surface area (Å²) in [6, 6.07) is 3.47. The molecule has 3 heterocycles. The third-order valence-electron chi connectivity index (χ3n) is 7.20. The van der Waals surface area contributed by atoms with Crippen LogP contribution in [0, 0.1) is 35.8 Å². The minimum Gasteiger partial charge on any atom is -0.434 e. The molecule has 39 heavy (non-hydrogen) atoms. The fourth-order valence-electron chi connectivity index (χ4n) is 4.93. The highest BCUT2D eigenvalue weighted by molar-refractivity contribution is 5.96. The van der Waals surface area contributed by atoms with E-state index in [1.54, 1.807) is 19.1 Å². The van der Waals surface area contributed by atoms with Crippen molar-refractivity contribution in [3.8, 4) is 17.7 Å². The molecule has 202 valence electrons. The average molecular weight is 534 g/mol. The maximum absolute atomic E-state index is 15.6. The molecular weight excluding hydrogens is 504 g/mol. The van der Waals surface area contributed by atoms with E-state index in [0.29, 0.717) is 5.69 Å². The summed E-state index contributed by atoms with van der Waals surface area (Å²) in [5, 5.41) is 9.91. The zero-order chi connectivity index (χ0) is 27.8. The first-order valence-electron chi connectivity index (χ1n) is 12.7. The molecule has 2 N–H and O–H groups in total. The predicted molar refractivity (Wildman–Crippen MR) is 141 cm³/mol. The second-order valence-corrected chi connectivity index (χ2v) is 9.91. The van der Waals surface area contributed by atoms with Crippen molar-refractivity contribution in [1.29, 1.82) is 5.26 Å². The standard InChI is InChI=1S/C28H29F2N7O2/c1-4-5-21(36-10-8-35(3)9-11-36)24(32)25-19(14-31)27(34-15-33-25)39-22-13-20(29)26-18(23(22)30)12-16(2)37(26)28(38)17-6-7-17/h4-5,12-13,15,17,24H,1,6-11,32H2,2-3H3/b21-5+. The number of aromatic nitrogens is 3. The lowest BCUT2D eigenvalue weighted by Crippen LogP contribution is -2.45. The Morgan fingerprint density at radius 1 is 1.26 bits per heavy atom. The topological polar surface area (TPSA) is 113 Å². The number of carbonyl (C=O) groups is 1. The van der Waals surface area contributed by atoms with Crippen molar-refractivity contribution in [2.24, 2.45) is 11.7 Å². The van der Waals surface area contributed by atoms with Gasteiger partial charge in [-0.3, -0.25) is 9.36 Å². The van der Waals surface area contributed by atoms with Crippen molar-refractivity contribution in [1.82, 2.24) is 24.3 Å². The highest BCUT2D eigenvalue weighted by Crippen LogP contribution is 2.38. The summed E-state index contributed by atoms with van der Waals surface area (Å²) in [4.78, 5) is 25.3. The molecule has 5 rings (SSSR count). The van der Waals surface area contributed by atoms with Crippen molar-refractivity contribution in [3.63, 3.8) is 0 Å². The number of nitriles is 1. The number of allylic oxidation sites excluding steroid dienone is 2. The number of aryl methyl sites for hydroxylation is 1. The fourth-order valence-corrected chi connectivity index (χ4v) is 4.93. The maximum Gasteiger partial charge on any atom is 0.240 e. The summed E-state index contributed by atoms with van der Waals surface area (Å²) in [7, 11) is 2.04.